The van der Waals surface area contributed by atoms with Gasteiger partial charge in [-0.05, 0) is 56.3 Å². The Morgan fingerprint density at radius 1 is 0.812 bits per heavy atom. The standard InChI is InChI=1S/C26H23NO5/c1-15-5-7-17(8-6-15)26(29)27-19-10-11-20-16(2)25(32-22(20)14-19)24(28)18-9-12-21(30-3)23(13-18)31-4/h5-14H,1-4H3,(H,27,29). The van der Waals surface area contributed by atoms with Gasteiger partial charge in [0, 0.05) is 33.8 Å². The highest BCUT2D eigenvalue weighted by molar-refractivity contribution is 6.11. The molecule has 32 heavy (non-hydrogen) atoms. The second kappa shape index (κ2) is 8.59. The summed E-state index contributed by atoms with van der Waals surface area (Å²) >= 11 is 0. The SMILES string of the molecule is COc1ccc(C(=O)c2oc3cc(NC(=O)c4ccc(C)cc4)ccc3c2C)cc1OC. The first-order valence-corrected chi connectivity index (χ1v) is 10.1. The van der Waals surface area contributed by atoms with Crippen LogP contribution in [0.1, 0.15) is 37.6 Å². The average molecular weight is 429 g/mol. The number of amides is 1. The van der Waals surface area contributed by atoms with Crippen LogP contribution in [0.3, 0.4) is 0 Å². The van der Waals surface area contributed by atoms with E-state index < -0.39 is 0 Å². The molecule has 1 aromatic heterocycles. The van der Waals surface area contributed by atoms with Crippen molar-refractivity contribution < 1.29 is 23.5 Å². The van der Waals surface area contributed by atoms with Crippen LogP contribution in [0.15, 0.2) is 65.1 Å². The van der Waals surface area contributed by atoms with E-state index in [1.807, 2.05) is 32.0 Å². The molecule has 0 aliphatic carbocycles. The monoisotopic (exact) mass is 429 g/mol. The summed E-state index contributed by atoms with van der Waals surface area (Å²) in [5.41, 5.74) is 3.92. The van der Waals surface area contributed by atoms with Gasteiger partial charge in [0.2, 0.25) is 5.78 Å². The second-order valence-electron chi connectivity index (χ2n) is 7.49. The van der Waals surface area contributed by atoms with Crippen LogP contribution < -0.4 is 14.8 Å². The number of nitrogens with one attached hydrogen (secondary N) is 1. The van der Waals surface area contributed by atoms with E-state index in [1.54, 1.807) is 42.5 Å². The van der Waals surface area contributed by atoms with Gasteiger partial charge < -0.3 is 19.2 Å². The van der Waals surface area contributed by atoms with Gasteiger partial charge >= 0.3 is 0 Å². The molecule has 0 atom stereocenters. The minimum Gasteiger partial charge on any atom is -0.493 e. The highest BCUT2D eigenvalue weighted by Gasteiger charge is 2.21. The minimum absolute atomic E-state index is 0.214. The Bertz CT molecular complexity index is 1320. The molecule has 3 aromatic carbocycles. The first kappa shape index (κ1) is 21.2. The van der Waals surface area contributed by atoms with Crippen molar-refractivity contribution in [1.82, 2.24) is 0 Å². The third-order valence-corrected chi connectivity index (χ3v) is 5.36. The molecule has 4 rings (SSSR count). The number of hydrogen-bond donors (Lipinski definition) is 1. The normalized spacial score (nSPS) is 10.8. The molecule has 0 unspecified atom stereocenters. The summed E-state index contributed by atoms with van der Waals surface area (Å²) in [6, 6.07) is 17.7. The molecule has 0 saturated carbocycles. The van der Waals surface area contributed by atoms with Crippen molar-refractivity contribution in [3.05, 3.63) is 88.7 Å². The van der Waals surface area contributed by atoms with Crippen LogP contribution in [0, 0.1) is 13.8 Å². The van der Waals surface area contributed by atoms with Gasteiger partial charge in [0.05, 0.1) is 14.2 Å². The quantitative estimate of drug-likeness (QED) is 0.407. The van der Waals surface area contributed by atoms with Crippen molar-refractivity contribution in [2.45, 2.75) is 13.8 Å². The van der Waals surface area contributed by atoms with Gasteiger partial charge in [0.1, 0.15) is 5.58 Å². The number of anilines is 1. The highest BCUT2D eigenvalue weighted by atomic mass is 16.5. The molecule has 1 amide bonds. The topological polar surface area (TPSA) is 77.8 Å². The summed E-state index contributed by atoms with van der Waals surface area (Å²) in [5.74, 6) is 0.779. The van der Waals surface area contributed by atoms with Gasteiger partial charge in [-0.15, -0.1) is 0 Å². The third-order valence-electron chi connectivity index (χ3n) is 5.36. The van der Waals surface area contributed by atoms with Crippen molar-refractivity contribution in [2.75, 3.05) is 19.5 Å². The molecule has 0 bridgehead atoms. The fourth-order valence-electron chi connectivity index (χ4n) is 3.54. The van der Waals surface area contributed by atoms with Crippen molar-refractivity contribution in [1.29, 1.82) is 0 Å². The van der Waals surface area contributed by atoms with E-state index in [0.29, 0.717) is 33.9 Å². The number of furan rings is 1. The van der Waals surface area contributed by atoms with Gasteiger partial charge in [-0.3, -0.25) is 9.59 Å². The summed E-state index contributed by atoms with van der Waals surface area (Å²) in [5, 5.41) is 3.68. The lowest BCUT2D eigenvalue weighted by atomic mass is 10.0. The van der Waals surface area contributed by atoms with E-state index in [-0.39, 0.29) is 17.5 Å². The molecular weight excluding hydrogens is 406 g/mol. The van der Waals surface area contributed by atoms with E-state index in [1.165, 1.54) is 14.2 Å². The molecule has 6 nitrogen and oxygen atoms in total. The molecule has 0 radical (unpaired) electrons. The van der Waals surface area contributed by atoms with E-state index in [0.717, 1.165) is 16.5 Å². The first-order valence-electron chi connectivity index (χ1n) is 10.1. The van der Waals surface area contributed by atoms with Crippen molar-refractivity contribution in [3.8, 4) is 11.5 Å². The fraction of sp³-hybridized carbons (Fsp3) is 0.154. The Morgan fingerprint density at radius 2 is 1.50 bits per heavy atom. The number of rotatable bonds is 6. The highest BCUT2D eigenvalue weighted by Crippen LogP contribution is 2.32. The zero-order valence-electron chi connectivity index (χ0n) is 18.3. The van der Waals surface area contributed by atoms with E-state index in [9.17, 15) is 9.59 Å². The Labute approximate surface area is 185 Å². The fourth-order valence-corrected chi connectivity index (χ4v) is 3.54. The summed E-state index contributed by atoms with van der Waals surface area (Å²) in [7, 11) is 3.06. The van der Waals surface area contributed by atoms with Gasteiger partial charge in [0.15, 0.2) is 17.3 Å². The summed E-state index contributed by atoms with van der Waals surface area (Å²) in [4.78, 5) is 25.6. The van der Waals surface area contributed by atoms with Crippen LogP contribution in [-0.4, -0.2) is 25.9 Å². The van der Waals surface area contributed by atoms with Crippen LogP contribution in [0.4, 0.5) is 5.69 Å². The molecule has 4 aromatic rings. The van der Waals surface area contributed by atoms with Crippen molar-refractivity contribution in [2.24, 2.45) is 0 Å². The molecule has 0 spiro atoms. The van der Waals surface area contributed by atoms with Crippen LogP contribution in [0.25, 0.3) is 11.0 Å². The maximum atomic E-state index is 13.1. The van der Waals surface area contributed by atoms with Crippen molar-refractivity contribution in [3.63, 3.8) is 0 Å². The second-order valence-corrected chi connectivity index (χ2v) is 7.49. The lowest BCUT2D eigenvalue weighted by Crippen LogP contribution is -2.11. The van der Waals surface area contributed by atoms with E-state index >= 15 is 0 Å². The van der Waals surface area contributed by atoms with Crippen LogP contribution in [0.5, 0.6) is 11.5 Å². The lowest BCUT2D eigenvalue weighted by Gasteiger charge is -2.08. The van der Waals surface area contributed by atoms with Crippen LogP contribution in [-0.2, 0) is 0 Å². The van der Waals surface area contributed by atoms with E-state index in [2.05, 4.69) is 5.32 Å². The van der Waals surface area contributed by atoms with Gasteiger partial charge in [-0.25, -0.2) is 0 Å². The number of carbonyl (C=O) groups excluding carboxylic acids is 2. The zero-order chi connectivity index (χ0) is 22.8. The number of fused-ring (bicyclic) bond motifs is 1. The lowest BCUT2D eigenvalue weighted by molar-refractivity contribution is 0.101. The van der Waals surface area contributed by atoms with Gasteiger partial charge in [-0.1, -0.05) is 17.7 Å². The molecule has 6 heteroatoms. The summed E-state index contributed by atoms with van der Waals surface area (Å²) in [6.45, 7) is 3.81. The smallest absolute Gasteiger partial charge is 0.255 e. The number of hydrogen-bond acceptors (Lipinski definition) is 5. The average Bonchev–Trinajstić information content (AvgIpc) is 3.14. The Morgan fingerprint density at radius 3 is 2.19 bits per heavy atom. The number of ketones is 1. The predicted molar refractivity (Wildman–Crippen MR) is 123 cm³/mol. The summed E-state index contributed by atoms with van der Waals surface area (Å²) < 4.78 is 16.5. The maximum Gasteiger partial charge on any atom is 0.255 e. The molecular formula is C26H23NO5. The molecule has 1 N–H and O–H groups in total. The zero-order valence-corrected chi connectivity index (χ0v) is 18.3. The summed E-state index contributed by atoms with van der Waals surface area (Å²) in [6.07, 6.45) is 0. The molecule has 162 valence electrons. The molecule has 0 aliphatic heterocycles. The van der Waals surface area contributed by atoms with Gasteiger partial charge in [0.25, 0.3) is 5.91 Å². The molecule has 0 fully saturated rings. The maximum absolute atomic E-state index is 13.1. The first-order chi connectivity index (χ1) is 15.4. The number of methoxy groups -OCH3 is 2. The largest absolute Gasteiger partial charge is 0.493 e. The third kappa shape index (κ3) is 3.95. The molecule has 0 aliphatic rings. The van der Waals surface area contributed by atoms with E-state index in [4.69, 9.17) is 13.9 Å². The Hall–Kier alpha value is -4.06. The number of carbonyl (C=O) groups is 2. The minimum atomic E-state index is -0.259. The molecule has 0 saturated heterocycles. The Balaban J connectivity index is 1.63. The number of benzene rings is 3. The van der Waals surface area contributed by atoms with Crippen LogP contribution >= 0.6 is 0 Å². The number of aryl methyl sites for hydroxylation is 2. The van der Waals surface area contributed by atoms with Crippen molar-refractivity contribution >= 4 is 28.3 Å². The predicted octanol–water partition coefficient (Wildman–Crippen LogP) is 5.55. The van der Waals surface area contributed by atoms with Gasteiger partial charge in [-0.2, -0.15) is 0 Å². The number of ether oxygens (including phenoxy) is 2. The Kier molecular flexibility index (Phi) is 5.69. The molecule has 1 heterocycles. The van der Waals surface area contributed by atoms with Crippen LogP contribution in [0.2, 0.25) is 0 Å².